The molecule has 0 spiro atoms. The number of nitrogens with zero attached hydrogens (tertiary/aromatic N) is 3. The summed E-state index contributed by atoms with van der Waals surface area (Å²) in [6.07, 6.45) is 7.63. The minimum absolute atomic E-state index is 1.11. The number of hydrogen-bond donors (Lipinski definition) is 0. The highest BCUT2D eigenvalue weighted by molar-refractivity contribution is 5.50. The van der Waals surface area contributed by atoms with Crippen LogP contribution in [-0.4, -0.2) is 23.1 Å². The molecule has 1 aliphatic rings. The van der Waals surface area contributed by atoms with E-state index in [0.717, 1.165) is 25.9 Å². The molecule has 0 unspecified atom stereocenters. The number of anilines is 1. The molecule has 0 bridgehead atoms. The van der Waals surface area contributed by atoms with E-state index >= 15 is 0 Å². The van der Waals surface area contributed by atoms with Crippen molar-refractivity contribution < 1.29 is 0 Å². The topological polar surface area (TPSA) is 29.0 Å². The summed E-state index contributed by atoms with van der Waals surface area (Å²) < 4.78 is 0. The second-order valence-electron chi connectivity index (χ2n) is 4.46. The monoisotopic (exact) mass is 219 g/mol. The lowest BCUT2D eigenvalue weighted by atomic mass is 10.2. The van der Waals surface area contributed by atoms with Crippen molar-refractivity contribution in [1.82, 2.24) is 9.97 Å². The van der Waals surface area contributed by atoms with Crippen LogP contribution in [0.25, 0.3) is 0 Å². The summed E-state index contributed by atoms with van der Waals surface area (Å²) in [6, 6.07) is 0. The number of fused-ring (bicyclic) bond motifs is 1. The van der Waals surface area contributed by atoms with Crippen molar-refractivity contribution in [3.8, 4) is 0 Å². The number of aromatic nitrogens is 2. The third-order valence-electron chi connectivity index (χ3n) is 3.14. The van der Waals surface area contributed by atoms with Crippen LogP contribution >= 0.6 is 0 Å². The Morgan fingerprint density at radius 1 is 1.12 bits per heavy atom. The second kappa shape index (κ2) is 5.28. The Morgan fingerprint density at radius 2 is 1.88 bits per heavy atom. The van der Waals surface area contributed by atoms with Crippen LogP contribution in [-0.2, 0) is 12.8 Å². The third kappa shape index (κ3) is 2.18. The zero-order valence-electron chi connectivity index (χ0n) is 10.4. The number of aryl methyl sites for hydroxylation is 1. The summed E-state index contributed by atoms with van der Waals surface area (Å²) >= 11 is 0. The normalized spacial score (nSPS) is 13.9. The highest BCUT2D eigenvalue weighted by Gasteiger charge is 2.20. The van der Waals surface area contributed by atoms with Crippen LogP contribution in [0.3, 0.4) is 0 Å². The molecule has 0 aromatic carbocycles. The minimum Gasteiger partial charge on any atom is -0.356 e. The van der Waals surface area contributed by atoms with E-state index in [4.69, 9.17) is 0 Å². The van der Waals surface area contributed by atoms with E-state index in [1.165, 1.54) is 36.3 Å². The lowest BCUT2D eigenvalue weighted by molar-refractivity contribution is 0.727. The van der Waals surface area contributed by atoms with Gasteiger partial charge in [-0.25, -0.2) is 9.97 Å². The Kier molecular flexibility index (Phi) is 3.75. The maximum absolute atomic E-state index is 4.50. The van der Waals surface area contributed by atoms with Gasteiger partial charge in [0.2, 0.25) is 0 Å². The van der Waals surface area contributed by atoms with Crippen LogP contribution in [0.2, 0.25) is 0 Å². The average Bonchev–Trinajstić information content (AvgIpc) is 2.76. The highest BCUT2D eigenvalue weighted by Crippen LogP contribution is 2.27. The predicted molar refractivity (Wildman–Crippen MR) is 66.9 cm³/mol. The van der Waals surface area contributed by atoms with Gasteiger partial charge in [0.05, 0.1) is 0 Å². The molecule has 0 saturated carbocycles. The smallest absolute Gasteiger partial charge is 0.135 e. The molecule has 3 heteroatoms. The average molecular weight is 219 g/mol. The van der Waals surface area contributed by atoms with E-state index in [2.05, 4.69) is 28.7 Å². The Bertz CT molecular complexity index is 343. The molecule has 2 rings (SSSR count). The van der Waals surface area contributed by atoms with Gasteiger partial charge in [-0.05, 0) is 32.1 Å². The van der Waals surface area contributed by atoms with E-state index in [1.807, 2.05) is 0 Å². The van der Waals surface area contributed by atoms with Crippen molar-refractivity contribution in [1.29, 1.82) is 0 Å². The van der Waals surface area contributed by atoms with Crippen LogP contribution < -0.4 is 4.90 Å². The van der Waals surface area contributed by atoms with Gasteiger partial charge in [0, 0.05) is 24.3 Å². The minimum atomic E-state index is 1.11. The summed E-state index contributed by atoms with van der Waals surface area (Å²) in [7, 11) is 0. The molecule has 3 nitrogen and oxygen atoms in total. The maximum atomic E-state index is 4.50. The number of rotatable bonds is 5. The highest BCUT2D eigenvalue weighted by atomic mass is 15.2. The molecule has 16 heavy (non-hydrogen) atoms. The second-order valence-corrected chi connectivity index (χ2v) is 4.46. The van der Waals surface area contributed by atoms with Crippen molar-refractivity contribution in [2.24, 2.45) is 0 Å². The molecule has 0 saturated heterocycles. The largest absolute Gasteiger partial charge is 0.356 e. The van der Waals surface area contributed by atoms with Crippen molar-refractivity contribution in [2.75, 3.05) is 18.0 Å². The molecule has 1 aliphatic carbocycles. The first-order chi connectivity index (χ1) is 7.86. The van der Waals surface area contributed by atoms with Gasteiger partial charge in [-0.3, -0.25) is 0 Å². The fourth-order valence-electron chi connectivity index (χ4n) is 2.48. The first-order valence-electron chi connectivity index (χ1n) is 6.44. The Morgan fingerprint density at radius 3 is 2.56 bits per heavy atom. The zero-order valence-corrected chi connectivity index (χ0v) is 10.4. The van der Waals surface area contributed by atoms with Crippen molar-refractivity contribution in [3.05, 3.63) is 17.6 Å². The first-order valence-corrected chi connectivity index (χ1v) is 6.44. The van der Waals surface area contributed by atoms with Crippen LogP contribution in [0.4, 0.5) is 5.82 Å². The standard InChI is InChI=1S/C13H21N3/c1-3-8-16(9-4-2)13-11-6-5-7-12(11)14-10-15-13/h10H,3-9H2,1-2H3. The Hall–Kier alpha value is -1.12. The first kappa shape index (κ1) is 11.4. The van der Waals surface area contributed by atoms with Gasteiger partial charge < -0.3 is 4.90 Å². The molecule has 0 fully saturated rings. The quantitative estimate of drug-likeness (QED) is 0.762. The molecular formula is C13H21N3. The van der Waals surface area contributed by atoms with Gasteiger partial charge in [-0.15, -0.1) is 0 Å². The van der Waals surface area contributed by atoms with Crippen LogP contribution in [0, 0.1) is 0 Å². The molecular weight excluding hydrogens is 198 g/mol. The van der Waals surface area contributed by atoms with E-state index in [9.17, 15) is 0 Å². The van der Waals surface area contributed by atoms with Gasteiger partial charge in [-0.1, -0.05) is 13.8 Å². The summed E-state index contributed by atoms with van der Waals surface area (Å²) in [5, 5.41) is 0. The van der Waals surface area contributed by atoms with Crippen molar-refractivity contribution >= 4 is 5.82 Å². The van der Waals surface area contributed by atoms with Crippen LogP contribution in [0.1, 0.15) is 44.4 Å². The van der Waals surface area contributed by atoms with E-state index in [1.54, 1.807) is 6.33 Å². The van der Waals surface area contributed by atoms with Crippen LogP contribution in [0.15, 0.2) is 6.33 Å². The maximum Gasteiger partial charge on any atom is 0.135 e. The molecule has 88 valence electrons. The third-order valence-corrected chi connectivity index (χ3v) is 3.14. The lowest BCUT2D eigenvalue weighted by Gasteiger charge is -2.24. The molecule has 0 aliphatic heterocycles. The summed E-state index contributed by atoms with van der Waals surface area (Å²) in [5.74, 6) is 1.20. The van der Waals surface area contributed by atoms with Gasteiger partial charge >= 0.3 is 0 Å². The molecule has 1 heterocycles. The molecule has 1 aromatic heterocycles. The molecule has 0 N–H and O–H groups in total. The molecule has 0 radical (unpaired) electrons. The van der Waals surface area contributed by atoms with E-state index < -0.39 is 0 Å². The predicted octanol–water partition coefficient (Wildman–Crippen LogP) is 2.59. The van der Waals surface area contributed by atoms with Crippen LogP contribution in [0.5, 0.6) is 0 Å². The van der Waals surface area contributed by atoms with Gasteiger partial charge in [0.25, 0.3) is 0 Å². The van der Waals surface area contributed by atoms with Crippen molar-refractivity contribution in [2.45, 2.75) is 46.0 Å². The van der Waals surface area contributed by atoms with Gasteiger partial charge in [0.1, 0.15) is 12.1 Å². The summed E-state index contributed by atoms with van der Waals surface area (Å²) in [4.78, 5) is 11.3. The zero-order chi connectivity index (χ0) is 11.4. The number of hydrogen-bond acceptors (Lipinski definition) is 3. The Labute approximate surface area is 97.9 Å². The fourth-order valence-corrected chi connectivity index (χ4v) is 2.48. The van der Waals surface area contributed by atoms with Gasteiger partial charge in [0.15, 0.2) is 0 Å². The SMILES string of the molecule is CCCN(CCC)c1ncnc2c1CCC2. The molecule has 1 aromatic rings. The Balaban J connectivity index is 2.26. The molecule has 0 atom stereocenters. The van der Waals surface area contributed by atoms with E-state index in [-0.39, 0.29) is 0 Å². The summed E-state index contributed by atoms with van der Waals surface area (Å²) in [6.45, 7) is 6.67. The van der Waals surface area contributed by atoms with E-state index in [0.29, 0.717) is 0 Å². The summed E-state index contributed by atoms with van der Waals surface area (Å²) in [5.41, 5.74) is 2.69. The van der Waals surface area contributed by atoms with Gasteiger partial charge in [-0.2, -0.15) is 0 Å². The fraction of sp³-hybridized carbons (Fsp3) is 0.692. The van der Waals surface area contributed by atoms with Crippen molar-refractivity contribution in [3.63, 3.8) is 0 Å². The molecule has 0 amide bonds. The lowest BCUT2D eigenvalue weighted by Crippen LogP contribution is -2.27.